The zero-order chi connectivity index (χ0) is 11.8. The molecule has 0 N–H and O–H groups in total. The van der Waals surface area contributed by atoms with Crippen molar-refractivity contribution in [2.24, 2.45) is 0 Å². The Labute approximate surface area is 94.4 Å². The minimum absolute atomic E-state index is 0.130. The van der Waals surface area contributed by atoms with Gasteiger partial charge in [0.25, 0.3) is 0 Å². The lowest BCUT2D eigenvalue weighted by Gasteiger charge is -2.14. The molecule has 1 aliphatic heterocycles. The summed E-state index contributed by atoms with van der Waals surface area (Å²) >= 11 is 0. The number of esters is 1. The van der Waals surface area contributed by atoms with Crippen LogP contribution < -0.4 is 0 Å². The van der Waals surface area contributed by atoms with E-state index in [9.17, 15) is 9.59 Å². The van der Waals surface area contributed by atoms with Crippen molar-refractivity contribution in [2.75, 3.05) is 20.0 Å². The van der Waals surface area contributed by atoms with Crippen molar-refractivity contribution >= 4 is 11.8 Å². The van der Waals surface area contributed by atoms with Gasteiger partial charge in [-0.15, -0.1) is 0 Å². The standard InChI is InChI=1S/C11H16O5/c1-2-15-11(13)7-9(12)3-4-10-5-6-14-8-16-10/h5H,2-4,6-8H2,1H3. The zero-order valence-corrected chi connectivity index (χ0v) is 9.36. The van der Waals surface area contributed by atoms with Gasteiger partial charge in [0.1, 0.15) is 12.2 Å². The summed E-state index contributed by atoms with van der Waals surface area (Å²) in [5.74, 6) is 0.160. The average Bonchev–Trinajstić information content (AvgIpc) is 2.28. The molecule has 0 saturated carbocycles. The second kappa shape index (κ2) is 7.00. The molecule has 0 radical (unpaired) electrons. The van der Waals surface area contributed by atoms with Crippen LogP contribution in [0.25, 0.3) is 0 Å². The Morgan fingerprint density at radius 2 is 2.31 bits per heavy atom. The third kappa shape index (κ3) is 4.93. The Bertz CT molecular complexity index is 282. The second-order valence-corrected chi connectivity index (χ2v) is 3.32. The van der Waals surface area contributed by atoms with Crippen LogP contribution in [0.5, 0.6) is 0 Å². The van der Waals surface area contributed by atoms with Crippen LogP contribution in [0.2, 0.25) is 0 Å². The summed E-state index contributed by atoms with van der Waals surface area (Å²) in [4.78, 5) is 22.4. The van der Waals surface area contributed by atoms with Crippen LogP contribution >= 0.6 is 0 Å². The molecule has 5 heteroatoms. The van der Waals surface area contributed by atoms with E-state index in [0.717, 1.165) is 5.76 Å². The molecule has 1 aliphatic rings. The van der Waals surface area contributed by atoms with Crippen molar-refractivity contribution in [3.63, 3.8) is 0 Å². The van der Waals surface area contributed by atoms with Crippen molar-refractivity contribution in [1.82, 2.24) is 0 Å². The molecule has 0 fully saturated rings. The molecule has 0 saturated heterocycles. The highest BCUT2D eigenvalue weighted by molar-refractivity contribution is 5.95. The molecular weight excluding hydrogens is 212 g/mol. The molecule has 5 nitrogen and oxygen atoms in total. The van der Waals surface area contributed by atoms with Gasteiger partial charge in [-0.1, -0.05) is 0 Å². The quantitative estimate of drug-likeness (QED) is 0.504. The molecule has 0 amide bonds. The largest absolute Gasteiger partial charge is 0.472 e. The monoisotopic (exact) mass is 228 g/mol. The predicted molar refractivity (Wildman–Crippen MR) is 55.5 cm³/mol. The Kier molecular flexibility index (Phi) is 5.56. The number of ether oxygens (including phenoxy) is 3. The summed E-state index contributed by atoms with van der Waals surface area (Å²) in [5, 5.41) is 0. The van der Waals surface area contributed by atoms with E-state index in [0.29, 0.717) is 26.1 Å². The third-order valence-electron chi connectivity index (χ3n) is 2.05. The number of rotatable bonds is 6. The molecule has 0 aliphatic carbocycles. The number of allylic oxidation sites excluding steroid dienone is 1. The second-order valence-electron chi connectivity index (χ2n) is 3.32. The van der Waals surface area contributed by atoms with Gasteiger partial charge in [0.2, 0.25) is 0 Å². The van der Waals surface area contributed by atoms with Crippen LogP contribution in [0.15, 0.2) is 11.8 Å². The molecule has 1 rings (SSSR count). The molecule has 16 heavy (non-hydrogen) atoms. The van der Waals surface area contributed by atoms with Crippen molar-refractivity contribution in [1.29, 1.82) is 0 Å². The molecular formula is C11H16O5. The molecule has 1 heterocycles. The van der Waals surface area contributed by atoms with Gasteiger partial charge < -0.3 is 14.2 Å². The van der Waals surface area contributed by atoms with E-state index in [1.165, 1.54) is 0 Å². The molecule has 0 unspecified atom stereocenters. The van der Waals surface area contributed by atoms with Crippen molar-refractivity contribution in [3.8, 4) is 0 Å². The van der Waals surface area contributed by atoms with Crippen molar-refractivity contribution in [2.45, 2.75) is 26.2 Å². The van der Waals surface area contributed by atoms with Crippen molar-refractivity contribution < 1.29 is 23.8 Å². The van der Waals surface area contributed by atoms with Gasteiger partial charge in [0, 0.05) is 12.8 Å². The van der Waals surface area contributed by atoms with Gasteiger partial charge in [0.15, 0.2) is 6.79 Å². The van der Waals surface area contributed by atoms with E-state index in [4.69, 9.17) is 9.47 Å². The highest BCUT2D eigenvalue weighted by Gasteiger charge is 2.12. The van der Waals surface area contributed by atoms with Crippen LogP contribution in [0, 0.1) is 0 Å². The first kappa shape index (κ1) is 12.7. The fraction of sp³-hybridized carbons (Fsp3) is 0.636. The van der Waals surface area contributed by atoms with Gasteiger partial charge >= 0.3 is 5.97 Å². The van der Waals surface area contributed by atoms with Gasteiger partial charge in [-0.25, -0.2) is 0 Å². The Hall–Kier alpha value is -1.36. The summed E-state index contributed by atoms with van der Waals surface area (Å²) in [5.41, 5.74) is 0. The predicted octanol–water partition coefficient (Wildman–Crippen LogP) is 1.18. The van der Waals surface area contributed by atoms with E-state index in [1.807, 2.05) is 0 Å². The minimum atomic E-state index is -0.464. The maximum absolute atomic E-state index is 11.4. The Morgan fingerprint density at radius 1 is 1.50 bits per heavy atom. The van der Waals surface area contributed by atoms with E-state index in [-0.39, 0.29) is 19.0 Å². The number of ketones is 1. The summed E-state index contributed by atoms with van der Waals surface area (Å²) in [6.07, 6.45) is 2.45. The van der Waals surface area contributed by atoms with Crippen LogP contribution in [-0.4, -0.2) is 31.8 Å². The molecule has 0 atom stereocenters. The summed E-state index contributed by atoms with van der Waals surface area (Å²) in [7, 11) is 0. The Morgan fingerprint density at radius 3 is 2.94 bits per heavy atom. The van der Waals surface area contributed by atoms with Gasteiger partial charge in [0.05, 0.1) is 19.0 Å². The maximum atomic E-state index is 11.4. The lowest BCUT2D eigenvalue weighted by Crippen LogP contribution is -2.13. The lowest BCUT2D eigenvalue weighted by atomic mass is 10.1. The van der Waals surface area contributed by atoms with E-state index < -0.39 is 5.97 Å². The first-order chi connectivity index (χ1) is 7.72. The van der Waals surface area contributed by atoms with E-state index >= 15 is 0 Å². The van der Waals surface area contributed by atoms with Gasteiger partial charge in [-0.2, -0.15) is 0 Å². The van der Waals surface area contributed by atoms with Crippen LogP contribution in [0.3, 0.4) is 0 Å². The van der Waals surface area contributed by atoms with Crippen molar-refractivity contribution in [3.05, 3.63) is 11.8 Å². The first-order valence-electron chi connectivity index (χ1n) is 5.29. The first-order valence-corrected chi connectivity index (χ1v) is 5.29. The van der Waals surface area contributed by atoms with Gasteiger partial charge in [-0.3, -0.25) is 9.59 Å². The smallest absolute Gasteiger partial charge is 0.313 e. The number of Topliss-reactive ketones (excluding diaryl/α,β-unsaturated/α-hetero) is 1. The third-order valence-corrected chi connectivity index (χ3v) is 2.05. The summed E-state index contributed by atoms with van der Waals surface area (Å²) in [6.45, 7) is 2.76. The average molecular weight is 228 g/mol. The fourth-order valence-electron chi connectivity index (χ4n) is 1.27. The fourth-order valence-corrected chi connectivity index (χ4v) is 1.27. The number of carbonyl (C=O) groups excluding carboxylic acids is 2. The van der Waals surface area contributed by atoms with E-state index in [2.05, 4.69) is 4.74 Å². The maximum Gasteiger partial charge on any atom is 0.313 e. The topological polar surface area (TPSA) is 61.8 Å². The highest BCUT2D eigenvalue weighted by atomic mass is 16.7. The lowest BCUT2D eigenvalue weighted by molar-refractivity contribution is -0.145. The molecule has 0 aromatic heterocycles. The molecule has 0 bridgehead atoms. The van der Waals surface area contributed by atoms with E-state index in [1.54, 1.807) is 13.0 Å². The molecule has 0 spiro atoms. The summed E-state index contributed by atoms with van der Waals surface area (Å²) in [6, 6.07) is 0. The Balaban J connectivity index is 2.19. The number of hydrogen-bond donors (Lipinski definition) is 0. The number of hydrogen-bond acceptors (Lipinski definition) is 5. The molecule has 0 aromatic carbocycles. The highest BCUT2D eigenvalue weighted by Crippen LogP contribution is 2.11. The van der Waals surface area contributed by atoms with Crippen LogP contribution in [0.1, 0.15) is 26.2 Å². The minimum Gasteiger partial charge on any atom is -0.472 e. The van der Waals surface area contributed by atoms with Crippen LogP contribution in [0.4, 0.5) is 0 Å². The summed E-state index contributed by atoms with van der Waals surface area (Å²) < 4.78 is 14.8. The molecule has 90 valence electrons. The molecule has 0 aromatic rings. The SMILES string of the molecule is CCOC(=O)CC(=O)CCC1=CCOCO1. The normalized spacial score (nSPS) is 14.9. The van der Waals surface area contributed by atoms with Crippen LogP contribution in [-0.2, 0) is 23.8 Å². The van der Waals surface area contributed by atoms with Gasteiger partial charge in [-0.05, 0) is 13.0 Å². The number of carbonyl (C=O) groups is 2. The zero-order valence-electron chi connectivity index (χ0n) is 9.36.